The minimum Gasteiger partial charge on any atom is -0.392 e. The quantitative estimate of drug-likeness (QED) is 0.510. The molecule has 0 unspecified atom stereocenters. The van der Waals surface area contributed by atoms with Crippen molar-refractivity contribution in [3.05, 3.63) is 12.2 Å². The van der Waals surface area contributed by atoms with Gasteiger partial charge in [-0.2, -0.15) is 0 Å². The van der Waals surface area contributed by atoms with E-state index in [1.807, 2.05) is 20.8 Å². The zero-order valence-corrected chi connectivity index (χ0v) is 15.1. The Morgan fingerprint density at radius 2 is 1.62 bits per heavy atom. The van der Waals surface area contributed by atoms with Crippen molar-refractivity contribution in [2.45, 2.75) is 82.7 Å². The van der Waals surface area contributed by atoms with Gasteiger partial charge in [0.1, 0.15) is 5.60 Å². The van der Waals surface area contributed by atoms with Gasteiger partial charge in [0.05, 0.1) is 17.8 Å². The highest BCUT2D eigenvalue weighted by Gasteiger charge is 2.69. The van der Waals surface area contributed by atoms with Gasteiger partial charge in [0.15, 0.2) is 0 Å². The topological polar surface area (TPSA) is 80.9 Å². The third-order valence-corrected chi connectivity index (χ3v) is 8.64. The van der Waals surface area contributed by atoms with Crippen LogP contribution in [0.2, 0.25) is 0 Å². The highest BCUT2D eigenvalue weighted by Crippen LogP contribution is 2.68. The molecule has 0 amide bonds. The Morgan fingerprint density at radius 3 is 2.29 bits per heavy atom. The molecule has 0 aromatic heterocycles. The summed E-state index contributed by atoms with van der Waals surface area (Å²) >= 11 is 0. The van der Waals surface area contributed by atoms with Crippen LogP contribution in [0.1, 0.15) is 59.3 Å². The van der Waals surface area contributed by atoms with E-state index in [1.165, 1.54) is 0 Å². The third-order valence-electron chi connectivity index (χ3n) is 8.64. The van der Waals surface area contributed by atoms with Crippen LogP contribution in [0.5, 0.6) is 0 Å². The van der Waals surface area contributed by atoms with Gasteiger partial charge in [0, 0.05) is 11.3 Å². The molecular weight excluding hydrogens is 304 g/mol. The molecule has 24 heavy (non-hydrogen) atoms. The number of fused-ring (bicyclic) bond motifs is 2. The predicted octanol–water partition coefficient (Wildman–Crippen LogP) is 2.00. The van der Waals surface area contributed by atoms with Crippen molar-refractivity contribution in [1.82, 2.24) is 0 Å². The van der Waals surface area contributed by atoms with Crippen LogP contribution in [-0.4, -0.2) is 43.8 Å². The summed E-state index contributed by atoms with van der Waals surface area (Å²) in [7, 11) is 0. The van der Waals surface area contributed by atoms with Crippen molar-refractivity contribution in [1.29, 1.82) is 0 Å². The van der Waals surface area contributed by atoms with E-state index in [-0.39, 0.29) is 23.2 Å². The molecule has 8 atom stereocenters. The molecule has 4 saturated carbocycles. The average Bonchev–Trinajstić information content (AvgIpc) is 2.76. The molecule has 4 aliphatic carbocycles. The van der Waals surface area contributed by atoms with E-state index in [0.29, 0.717) is 19.3 Å². The van der Waals surface area contributed by atoms with Crippen molar-refractivity contribution < 1.29 is 20.4 Å². The Hall–Kier alpha value is -0.420. The first kappa shape index (κ1) is 17.0. The van der Waals surface area contributed by atoms with Gasteiger partial charge in [0.25, 0.3) is 0 Å². The molecule has 0 heterocycles. The Morgan fingerprint density at radius 1 is 0.958 bits per heavy atom. The van der Waals surface area contributed by atoms with Crippen molar-refractivity contribution >= 4 is 0 Å². The molecule has 1 spiro atoms. The zero-order valence-electron chi connectivity index (χ0n) is 15.1. The molecule has 0 aliphatic heterocycles. The molecule has 4 rings (SSSR count). The molecule has 136 valence electrons. The molecule has 4 nitrogen and oxygen atoms in total. The Kier molecular flexibility index (Phi) is 3.29. The van der Waals surface area contributed by atoms with E-state index >= 15 is 0 Å². The van der Waals surface area contributed by atoms with Gasteiger partial charge in [-0.1, -0.05) is 26.0 Å². The lowest BCUT2D eigenvalue weighted by Crippen LogP contribution is -2.56. The van der Waals surface area contributed by atoms with Crippen molar-refractivity contribution in [3.8, 4) is 0 Å². The number of rotatable bonds is 0. The molecule has 0 saturated heterocycles. The minimum atomic E-state index is -1.35. The predicted molar refractivity (Wildman–Crippen MR) is 91.1 cm³/mol. The van der Waals surface area contributed by atoms with E-state index in [2.05, 4.69) is 6.58 Å². The number of aliphatic hydroxyl groups is 4. The Bertz CT molecular complexity index is 582. The lowest BCUT2D eigenvalue weighted by Gasteiger charge is -2.45. The highest BCUT2D eigenvalue weighted by molar-refractivity contribution is 5.30. The van der Waals surface area contributed by atoms with Gasteiger partial charge in [-0.3, -0.25) is 0 Å². The normalized spacial score (nSPS) is 59.0. The van der Waals surface area contributed by atoms with Gasteiger partial charge >= 0.3 is 0 Å². The molecule has 4 heteroatoms. The second kappa shape index (κ2) is 4.64. The van der Waals surface area contributed by atoms with E-state index in [9.17, 15) is 20.4 Å². The molecular formula is C20H32O4. The van der Waals surface area contributed by atoms with Crippen LogP contribution in [0.25, 0.3) is 0 Å². The average molecular weight is 336 g/mol. The lowest BCUT2D eigenvalue weighted by atomic mass is 9.63. The van der Waals surface area contributed by atoms with E-state index in [4.69, 9.17) is 0 Å². The number of aliphatic hydroxyl groups excluding tert-OH is 2. The molecule has 4 N–H and O–H groups in total. The summed E-state index contributed by atoms with van der Waals surface area (Å²) in [4.78, 5) is 0. The fourth-order valence-electron chi connectivity index (χ4n) is 7.16. The monoisotopic (exact) mass is 336 g/mol. The summed E-state index contributed by atoms with van der Waals surface area (Å²) in [6.45, 7) is 10.0. The van der Waals surface area contributed by atoms with Crippen LogP contribution < -0.4 is 0 Å². The molecule has 4 aliphatic rings. The highest BCUT2D eigenvalue weighted by atomic mass is 16.4. The number of hydrogen-bond acceptors (Lipinski definition) is 4. The summed E-state index contributed by atoms with van der Waals surface area (Å²) < 4.78 is 0. The lowest BCUT2D eigenvalue weighted by molar-refractivity contribution is -0.169. The largest absolute Gasteiger partial charge is 0.392 e. The molecule has 4 fully saturated rings. The van der Waals surface area contributed by atoms with Crippen LogP contribution >= 0.6 is 0 Å². The maximum absolute atomic E-state index is 11.6. The molecule has 2 bridgehead atoms. The molecule has 0 radical (unpaired) electrons. The molecule has 0 aromatic carbocycles. The zero-order chi connectivity index (χ0) is 17.7. The smallest absolute Gasteiger partial charge is 0.105 e. The fraction of sp³-hybridized carbons (Fsp3) is 0.900. The SMILES string of the molecule is C=C1[C@@H]2CC[C@H]3C[C@@]2(C[C@@H](O)[C@@]2(O)[C@H]1C[C@H](O)C2(C)C)C[C@@]3(C)O. The Balaban J connectivity index is 1.81. The van der Waals surface area contributed by atoms with Crippen LogP contribution in [0, 0.1) is 28.6 Å². The Labute approximate surface area is 144 Å². The number of hydrogen-bond donors (Lipinski definition) is 4. The van der Waals surface area contributed by atoms with Gasteiger partial charge in [-0.15, -0.1) is 0 Å². The summed E-state index contributed by atoms with van der Waals surface area (Å²) in [5.41, 5.74) is -1.98. The first-order valence-electron chi connectivity index (χ1n) is 9.45. The van der Waals surface area contributed by atoms with Crippen molar-refractivity contribution in [2.75, 3.05) is 0 Å². The minimum absolute atomic E-state index is 0.163. The molecule has 0 aromatic rings. The summed E-state index contributed by atoms with van der Waals surface area (Å²) in [5.74, 6) is 0.224. The van der Waals surface area contributed by atoms with Gasteiger partial charge < -0.3 is 20.4 Å². The van der Waals surface area contributed by atoms with Crippen LogP contribution in [-0.2, 0) is 0 Å². The van der Waals surface area contributed by atoms with Gasteiger partial charge in [0.2, 0.25) is 0 Å². The second-order valence-corrected chi connectivity index (χ2v) is 10.1. The summed E-state index contributed by atoms with van der Waals surface area (Å²) in [6.07, 6.45) is 2.95. The van der Waals surface area contributed by atoms with Crippen molar-refractivity contribution in [2.24, 2.45) is 28.6 Å². The standard InChI is InChI=1S/C20H32O4/c1-11-13-6-5-12-8-19(13,10-18(12,4)23)9-16(22)20(24)14(11)7-15(21)17(20,2)3/h12-16,21-24H,1,5-10H2,2-4H3/t12-,13-,14-,15-,16+,18+,19+,20-/m0/s1. The second-order valence-electron chi connectivity index (χ2n) is 10.1. The van der Waals surface area contributed by atoms with Gasteiger partial charge in [-0.25, -0.2) is 0 Å². The summed E-state index contributed by atoms with van der Waals surface area (Å²) in [6, 6.07) is 0. The van der Waals surface area contributed by atoms with Crippen molar-refractivity contribution in [3.63, 3.8) is 0 Å². The first-order valence-corrected chi connectivity index (χ1v) is 9.45. The van der Waals surface area contributed by atoms with E-state index < -0.39 is 28.8 Å². The van der Waals surface area contributed by atoms with Crippen LogP contribution in [0.3, 0.4) is 0 Å². The first-order chi connectivity index (χ1) is 11.0. The fourth-order valence-corrected chi connectivity index (χ4v) is 7.16. The van der Waals surface area contributed by atoms with Crippen LogP contribution in [0.15, 0.2) is 12.2 Å². The third kappa shape index (κ3) is 1.78. The maximum Gasteiger partial charge on any atom is 0.105 e. The van der Waals surface area contributed by atoms with E-state index in [0.717, 1.165) is 24.8 Å². The maximum atomic E-state index is 11.6. The van der Waals surface area contributed by atoms with E-state index in [1.54, 1.807) is 0 Å². The van der Waals surface area contributed by atoms with Gasteiger partial charge in [-0.05, 0) is 62.7 Å². The summed E-state index contributed by atoms with van der Waals surface area (Å²) in [5, 5.41) is 44.1. The van der Waals surface area contributed by atoms with Crippen LogP contribution in [0.4, 0.5) is 0 Å².